The van der Waals surface area contributed by atoms with Gasteiger partial charge in [0.15, 0.2) is 0 Å². The standard InChI is InChI=1S/C16H16F3N3OS/c1-2-3-9-14-21-22-15(24-14)20-13(23)10-12(16(17,18)19)11-7-5-4-6-8-11/h4-8,10H,2-3,9H2,1H3,(H,20,22,23)/b12-10-. The molecule has 0 saturated carbocycles. The van der Waals surface area contributed by atoms with Crippen molar-refractivity contribution >= 4 is 27.9 Å². The van der Waals surface area contributed by atoms with Gasteiger partial charge in [-0.05, 0) is 12.0 Å². The molecule has 0 fully saturated rings. The topological polar surface area (TPSA) is 54.9 Å². The molecule has 0 unspecified atom stereocenters. The van der Waals surface area contributed by atoms with Crippen LogP contribution < -0.4 is 5.32 Å². The zero-order valence-electron chi connectivity index (χ0n) is 12.9. The van der Waals surface area contributed by atoms with Crippen molar-refractivity contribution in [2.75, 3.05) is 5.32 Å². The lowest BCUT2D eigenvalue weighted by Gasteiger charge is -2.11. The number of aryl methyl sites for hydroxylation is 1. The van der Waals surface area contributed by atoms with Crippen LogP contribution in [0.5, 0.6) is 0 Å². The summed E-state index contributed by atoms with van der Waals surface area (Å²) in [5.74, 6) is -0.885. The Balaban J connectivity index is 2.14. The number of alkyl halides is 3. The van der Waals surface area contributed by atoms with Crippen molar-refractivity contribution in [1.82, 2.24) is 10.2 Å². The second-order valence-corrected chi connectivity index (χ2v) is 6.08. The number of nitrogens with one attached hydrogen (secondary N) is 1. The van der Waals surface area contributed by atoms with Crippen molar-refractivity contribution in [2.24, 2.45) is 0 Å². The van der Waals surface area contributed by atoms with Gasteiger partial charge in [-0.1, -0.05) is 55.0 Å². The van der Waals surface area contributed by atoms with Crippen LogP contribution in [0.1, 0.15) is 30.3 Å². The number of hydrogen-bond donors (Lipinski definition) is 1. The third-order valence-corrected chi connectivity index (χ3v) is 4.01. The predicted molar refractivity (Wildman–Crippen MR) is 87.6 cm³/mol. The molecule has 1 amide bonds. The van der Waals surface area contributed by atoms with Crippen LogP contribution in [-0.2, 0) is 11.2 Å². The largest absolute Gasteiger partial charge is 0.417 e. The van der Waals surface area contributed by atoms with Crippen LogP contribution in [0.2, 0.25) is 0 Å². The fourth-order valence-corrected chi connectivity index (χ4v) is 2.74. The predicted octanol–water partition coefficient (Wildman–Crippen LogP) is 4.47. The van der Waals surface area contributed by atoms with E-state index >= 15 is 0 Å². The highest BCUT2D eigenvalue weighted by Gasteiger charge is 2.35. The third kappa shape index (κ3) is 5.16. The molecular formula is C16H16F3N3OS. The Kier molecular flexibility index (Phi) is 6.08. The minimum Gasteiger partial charge on any atom is -0.297 e. The number of carbonyl (C=O) groups excluding carboxylic acids is 1. The fourth-order valence-electron chi connectivity index (χ4n) is 1.95. The number of anilines is 1. The molecule has 0 spiro atoms. The van der Waals surface area contributed by atoms with Gasteiger partial charge in [-0.15, -0.1) is 10.2 Å². The van der Waals surface area contributed by atoms with Gasteiger partial charge >= 0.3 is 6.18 Å². The van der Waals surface area contributed by atoms with Crippen LogP contribution in [0.3, 0.4) is 0 Å². The van der Waals surface area contributed by atoms with Gasteiger partial charge in [-0.3, -0.25) is 10.1 Å². The number of nitrogens with zero attached hydrogens (tertiary/aromatic N) is 2. The summed E-state index contributed by atoms with van der Waals surface area (Å²) < 4.78 is 39.5. The minimum atomic E-state index is -4.63. The molecule has 128 valence electrons. The maximum absolute atomic E-state index is 13.2. The Hall–Kier alpha value is -2.22. The number of benzene rings is 1. The molecule has 0 aliphatic rings. The molecule has 24 heavy (non-hydrogen) atoms. The zero-order chi connectivity index (χ0) is 17.6. The summed E-state index contributed by atoms with van der Waals surface area (Å²) in [5, 5.41) is 11.0. The second kappa shape index (κ2) is 8.05. The second-order valence-electron chi connectivity index (χ2n) is 5.02. The summed E-state index contributed by atoms with van der Waals surface area (Å²) in [6, 6.07) is 7.19. The van der Waals surface area contributed by atoms with Gasteiger partial charge in [-0.2, -0.15) is 13.2 Å². The van der Waals surface area contributed by atoms with E-state index in [4.69, 9.17) is 0 Å². The molecule has 1 heterocycles. The summed E-state index contributed by atoms with van der Waals surface area (Å²) in [6.45, 7) is 2.04. The lowest BCUT2D eigenvalue weighted by molar-refractivity contribution is -0.112. The van der Waals surface area contributed by atoms with Crippen LogP contribution in [0.4, 0.5) is 18.3 Å². The first-order chi connectivity index (χ1) is 11.4. The number of allylic oxidation sites excluding steroid dienone is 1. The van der Waals surface area contributed by atoms with Gasteiger partial charge in [0.2, 0.25) is 5.13 Å². The summed E-state index contributed by atoms with van der Waals surface area (Å²) in [6.07, 6.45) is -1.42. The quantitative estimate of drug-likeness (QED) is 0.778. The molecule has 0 saturated heterocycles. The van der Waals surface area contributed by atoms with E-state index in [0.717, 1.165) is 24.3 Å². The number of halogens is 3. The highest BCUT2D eigenvalue weighted by Crippen LogP contribution is 2.33. The van der Waals surface area contributed by atoms with Crippen LogP contribution >= 0.6 is 11.3 Å². The van der Waals surface area contributed by atoms with Crippen LogP contribution in [-0.4, -0.2) is 22.3 Å². The van der Waals surface area contributed by atoms with Crippen molar-refractivity contribution in [3.8, 4) is 0 Å². The Bertz CT molecular complexity index is 711. The van der Waals surface area contributed by atoms with E-state index < -0.39 is 17.7 Å². The summed E-state index contributed by atoms with van der Waals surface area (Å²) >= 11 is 1.17. The van der Waals surface area contributed by atoms with E-state index in [-0.39, 0.29) is 10.7 Å². The average Bonchev–Trinajstić information content (AvgIpc) is 2.97. The van der Waals surface area contributed by atoms with E-state index in [1.807, 2.05) is 6.92 Å². The van der Waals surface area contributed by atoms with Gasteiger partial charge in [0.05, 0.1) is 5.57 Å². The fraction of sp³-hybridized carbons (Fsp3) is 0.312. The zero-order valence-corrected chi connectivity index (χ0v) is 13.7. The minimum absolute atomic E-state index is 0.0685. The number of unbranched alkanes of at least 4 members (excludes halogenated alkanes) is 1. The van der Waals surface area contributed by atoms with E-state index in [2.05, 4.69) is 15.5 Å². The highest BCUT2D eigenvalue weighted by atomic mass is 32.1. The van der Waals surface area contributed by atoms with Gasteiger partial charge in [0.1, 0.15) is 5.01 Å². The molecule has 0 aliphatic carbocycles. The molecular weight excluding hydrogens is 339 g/mol. The molecule has 4 nitrogen and oxygen atoms in total. The molecule has 1 aromatic carbocycles. The van der Waals surface area contributed by atoms with Crippen LogP contribution in [0.15, 0.2) is 36.4 Å². The number of aromatic nitrogens is 2. The first-order valence-electron chi connectivity index (χ1n) is 7.38. The number of amides is 1. The molecule has 2 rings (SSSR count). The van der Waals surface area contributed by atoms with Crippen LogP contribution in [0, 0.1) is 0 Å². The first-order valence-corrected chi connectivity index (χ1v) is 8.19. The Morgan fingerprint density at radius 2 is 1.96 bits per heavy atom. The normalized spacial score (nSPS) is 12.2. The highest BCUT2D eigenvalue weighted by molar-refractivity contribution is 7.15. The maximum atomic E-state index is 13.2. The Morgan fingerprint density at radius 3 is 2.58 bits per heavy atom. The van der Waals surface area contributed by atoms with Gasteiger partial charge in [0, 0.05) is 12.5 Å². The van der Waals surface area contributed by atoms with Crippen molar-refractivity contribution < 1.29 is 18.0 Å². The molecule has 0 radical (unpaired) electrons. The molecule has 2 aromatic rings. The van der Waals surface area contributed by atoms with Gasteiger partial charge in [-0.25, -0.2) is 0 Å². The Labute approximate surface area is 141 Å². The Morgan fingerprint density at radius 1 is 1.25 bits per heavy atom. The van der Waals surface area contributed by atoms with E-state index in [0.29, 0.717) is 6.08 Å². The average molecular weight is 355 g/mol. The summed E-state index contributed by atoms with van der Waals surface area (Å²) in [4.78, 5) is 11.9. The number of carbonyl (C=O) groups is 1. The maximum Gasteiger partial charge on any atom is 0.417 e. The molecule has 0 atom stereocenters. The molecule has 1 N–H and O–H groups in total. The molecule has 1 aromatic heterocycles. The van der Waals surface area contributed by atoms with E-state index in [1.165, 1.54) is 35.6 Å². The third-order valence-electron chi connectivity index (χ3n) is 3.11. The summed E-state index contributed by atoms with van der Waals surface area (Å²) in [5.41, 5.74) is -1.07. The first kappa shape index (κ1) is 18.1. The monoisotopic (exact) mass is 355 g/mol. The SMILES string of the molecule is CCCCc1nnc(NC(=O)/C=C(/c2ccccc2)C(F)(F)F)s1. The lowest BCUT2D eigenvalue weighted by Crippen LogP contribution is -2.16. The van der Waals surface area contributed by atoms with Crippen molar-refractivity contribution in [1.29, 1.82) is 0 Å². The number of rotatable bonds is 6. The van der Waals surface area contributed by atoms with E-state index in [9.17, 15) is 18.0 Å². The van der Waals surface area contributed by atoms with Gasteiger partial charge in [0.25, 0.3) is 5.91 Å². The molecule has 0 bridgehead atoms. The summed E-state index contributed by atoms with van der Waals surface area (Å²) in [7, 11) is 0. The van der Waals surface area contributed by atoms with Gasteiger partial charge < -0.3 is 0 Å². The smallest absolute Gasteiger partial charge is 0.297 e. The van der Waals surface area contributed by atoms with E-state index in [1.54, 1.807) is 6.07 Å². The van der Waals surface area contributed by atoms with Crippen LogP contribution in [0.25, 0.3) is 5.57 Å². The van der Waals surface area contributed by atoms with Crippen molar-refractivity contribution in [3.05, 3.63) is 47.0 Å². The lowest BCUT2D eigenvalue weighted by atomic mass is 10.1. The molecule has 0 aliphatic heterocycles. The van der Waals surface area contributed by atoms with Crippen molar-refractivity contribution in [3.63, 3.8) is 0 Å². The van der Waals surface area contributed by atoms with Crippen molar-refractivity contribution in [2.45, 2.75) is 32.4 Å². The number of hydrogen-bond acceptors (Lipinski definition) is 4. The molecule has 8 heteroatoms.